The third kappa shape index (κ3) is 3.49. The number of nitrogens with one attached hydrogen (secondary N) is 1. The van der Waals surface area contributed by atoms with E-state index in [1.807, 2.05) is 6.07 Å². The van der Waals surface area contributed by atoms with E-state index in [1.165, 1.54) is 5.57 Å². The molecule has 0 amide bonds. The van der Waals surface area contributed by atoms with Gasteiger partial charge in [0.15, 0.2) is 0 Å². The molecule has 0 bridgehead atoms. The second-order valence-corrected chi connectivity index (χ2v) is 6.00. The van der Waals surface area contributed by atoms with Crippen molar-refractivity contribution in [3.63, 3.8) is 0 Å². The van der Waals surface area contributed by atoms with E-state index in [0.29, 0.717) is 0 Å². The highest BCUT2D eigenvalue weighted by Gasteiger charge is 2.14. The first-order valence-electron chi connectivity index (χ1n) is 6.60. The molecule has 1 aliphatic rings. The number of hydrogen-bond acceptors (Lipinski definition) is 3. The lowest BCUT2D eigenvalue weighted by Crippen LogP contribution is -2.30. The number of nitrogens with zero attached hydrogens (tertiary/aromatic N) is 2. The summed E-state index contributed by atoms with van der Waals surface area (Å²) >= 11 is 0. The molecule has 0 unspecified atom stereocenters. The minimum Gasteiger partial charge on any atom is -0.365 e. The van der Waals surface area contributed by atoms with Crippen LogP contribution in [0, 0.1) is 0 Å². The summed E-state index contributed by atoms with van der Waals surface area (Å²) in [6.07, 6.45) is 3.42. The molecule has 0 atom stereocenters. The Kier molecular flexibility index (Phi) is 3.60. The van der Waals surface area contributed by atoms with E-state index in [4.69, 9.17) is 4.98 Å². The topological polar surface area (TPSA) is 28.2 Å². The summed E-state index contributed by atoms with van der Waals surface area (Å²) in [6.45, 7) is 10.7. The molecule has 0 spiro atoms. The molecule has 2 rings (SSSR count). The van der Waals surface area contributed by atoms with Gasteiger partial charge in [0.2, 0.25) is 0 Å². The predicted octanol–water partition coefficient (Wildman–Crippen LogP) is 3.45. The quantitative estimate of drug-likeness (QED) is 0.809. The summed E-state index contributed by atoms with van der Waals surface area (Å²) in [5, 5.41) is 3.42. The van der Waals surface area contributed by atoms with Gasteiger partial charge in [-0.05, 0) is 46.2 Å². The predicted molar refractivity (Wildman–Crippen MR) is 78.2 cm³/mol. The van der Waals surface area contributed by atoms with Crippen molar-refractivity contribution < 1.29 is 0 Å². The number of aromatic nitrogens is 1. The smallest absolute Gasteiger partial charge is 0.131 e. The first-order chi connectivity index (χ1) is 8.44. The Bertz CT molecular complexity index is 443. The minimum atomic E-state index is 0.0456. The molecular formula is C15H23N3. The summed E-state index contributed by atoms with van der Waals surface area (Å²) in [4.78, 5) is 7.01. The molecule has 3 nitrogen and oxygen atoms in total. The summed E-state index contributed by atoms with van der Waals surface area (Å²) in [5.74, 6) is 2.01. The molecule has 1 aromatic rings. The second-order valence-electron chi connectivity index (χ2n) is 6.00. The number of rotatable bonds is 2. The lowest BCUT2D eigenvalue weighted by atomic mass is 10.1. The summed E-state index contributed by atoms with van der Waals surface area (Å²) in [7, 11) is 0. The van der Waals surface area contributed by atoms with E-state index in [9.17, 15) is 0 Å². The maximum absolute atomic E-state index is 4.69. The largest absolute Gasteiger partial charge is 0.365 e. The van der Waals surface area contributed by atoms with Crippen LogP contribution in [0.2, 0.25) is 0 Å². The number of anilines is 2. The fourth-order valence-electron chi connectivity index (χ4n) is 2.03. The van der Waals surface area contributed by atoms with Gasteiger partial charge in [-0.1, -0.05) is 17.7 Å². The van der Waals surface area contributed by atoms with E-state index in [2.05, 4.69) is 56.1 Å². The molecule has 18 heavy (non-hydrogen) atoms. The van der Waals surface area contributed by atoms with Crippen molar-refractivity contribution >= 4 is 11.6 Å². The Morgan fingerprint density at radius 1 is 1.28 bits per heavy atom. The number of pyridine rings is 1. The molecule has 0 saturated carbocycles. The van der Waals surface area contributed by atoms with Gasteiger partial charge in [0.25, 0.3) is 0 Å². The monoisotopic (exact) mass is 245 g/mol. The normalized spacial score (nSPS) is 16.4. The van der Waals surface area contributed by atoms with Crippen molar-refractivity contribution in [2.45, 2.75) is 39.7 Å². The van der Waals surface area contributed by atoms with E-state index in [0.717, 1.165) is 31.1 Å². The van der Waals surface area contributed by atoms with Crippen LogP contribution in [0.1, 0.15) is 34.1 Å². The maximum atomic E-state index is 4.69. The Balaban J connectivity index is 2.12. The highest BCUT2D eigenvalue weighted by molar-refractivity contribution is 5.49. The van der Waals surface area contributed by atoms with Crippen molar-refractivity contribution in [1.29, 1.82) is 0 Å². The van der Waals surface area contributed by atoms with Crippen molar-refractivity contribution in [3.05, 3.63) is 29.8 Å². The summed E-state index contributed by atoms with van der Waals surface area (Å²) < 4.78 is 0. The van der Waals surface area contributed by atoms with E-state index in [-0.39, 0.29) is 5.54 Å². The van der Waals surface area contributed by atoms with Crippen LogP contribution < -0.4 is 10.2 Å². The van der Waals surface area contributed by atoms with Crippen molar-refractivity contribution in [2.75, 3.05) is 23.3 Å². The van der Waals surface area contributed by atoms with Gasteiger partial charge in [0, 0.05) is 18.6 Å². The van der Waals surface area contributed by atoms with Gasteiger partial charge in [0.05, 0.1) is 0 Å². The van der Waals surface area contributed by atoms with Gasteiger partial charge in [-0.15, -0.1) is 0 Å². The number of hydrogen-bond donors (Lipinski definition) is 1. The zero-order chi connectivity index (χ0) is 13.2. The fourth-order valence-corrected chi connectivity index (χ4v) is 2.03. The molecule has 0 aromatic carbocycles. The SMILES string of the molecule is CC1=CCN(c2cccc(NC(C)(C)C)n2)CC1. The Hall–Kier alpha value is -1.51. The average molecular weight is 245 g/mol. The molecule has 0 saturated heterocycles. The molecule has 1 aromatic heterocycles. The Labute approximate surface area is 110 Å². The van der Waals surface area contributed by atoms with Crippen molar-refractivity contribution in [2.24, 2.45) is 0 Å². The highest BCUT2D eigenvalue weighted by Crippen LogP contribution is 2.20. The average Bonchev–Trinajstić information content (AvgIpc) is 2.28. The van der Waals surface area contributed by atoms with Gasteiger partial charge in [-0.2, -0.15) is 0 Å². The van der Waals surface area contributed by atoms with Crippen molar-refractivity contribution in [3.8, 4) is 0 Å². The van der Waals surface area contributed by atoms with Crippen LogP contribution in [-0.4, -0.2) is 23.6 Å². The molecule has 1 N–H and O–H groups in total. The van der Waals surface area contributed by atoms with Crippen LogP contribution in [0.25, 0.3) is 0 Å². The lowest BCUT2D eigenvalue weighted by Gasteiger charge is -2.28. The zero-order valence-electron chi connectivity index (χ0n) is 11.8. The van der Waals surface area contributed by atoms with Crippen LogP contribution in [0.15, 0.2) is 29.8 Å². The van der Waals surface area contributed by atoms with Gasteiger partial charge in [0.1, 0.15) is 11.6 Å². The first-order valence-corrected chi connectivity index (χ1v) is 6.60. The van der Waals surface area contributed by atoms with Gasteiger partial charge < -0.3 is 10.2 Å². The van der Waals surface area contributed by atoms with Gasteiger partial charge >= 0.3 is 0 Å². The van der Waals surface area contributed by atoms with Crippen LogP contribution in [-0.2, 0) is 0 Å². The highest BCUT2D eigenvalue weighted by atomic mass is 15.2. The van der Waals surface area contributed by atoms with Crippen LogP contribution in [0.5, 0.6) is 0 Å². The molecule has 2 heterocycles. The molecular weight excluding hydrogens is 222 g/mol. The molecule has 1 aliphatic heterocycles. The molecule has 3 heteroatoms. The summed E-state index contributed by atoms with van der Waals surface area (Å²) in [5.41, 5.74) is 1.53. The van der Waals surface area contributed by atoms with Crippen LogP contribution >= 0.6 is 0 Å². The van der Waals surface area contributed by atoms with Gasteiger partial charge in [-0.25, -0.2) is 4.98 Å². The minimum absolute atomic E-state index is 0.0456. The maximum Gasteiger partial charge on any atom is 0.131 e. The first kappa shape index (κ1) is 12.9. The lowest BCUT2D eigenvalue weighted by molar-refractivity contribution is 0.630. The Morgan fingerprint density at radius 2 is 2.06 bits per heavy atom. The standard InChI is InChI=1S/C15H23N3/c1-12-8-10-18(11-9-12)14-7-5-6-13(16-14)17-15(2,3)4/h5-8H,9-11H2,1-4H3,(H,16,17). The third-order valence-corrected chi connectivity index (χ3v) is 3.00. The van der Waals surface area contributed by atoms with E-state index >= 15 is 0 Å². The molecule has 98 valence electrons. The third-order valence-electron chi connectivity index (χ3n) is 3.00. The van der Waals surface area contributed by atoms with E-state index in [1.54, 1.807) is 0 Å². The zero-order valence-corrected chi connectivity index (χ0v) is 11.8. The summed E-state index contributed by atoms with van der Waals surface area (Å²) in [6, 6.07) is 6.18. The van der Waals surface area contributed by atoms with Crippen molar-refractivity contribution in [1.82, 2.24) is 4.98 Å². The molecule has 0 fully saturated rings. The molecule has 0 radical (unpaired) electrons. The second kappa shape index (κ2) is 5.01. The van der Waals surface area contributed by atoms with Gasteiger partial charge in [-0.3, -0.25) is 0 Å². The van der Waals surface area contributed by atoms with Crippen LogP contribution in [0.4, 0.5) is 11.6 Å². The van der Waals surface area contributed by atoms with Crippen LogP contribution in [0.3, 0.4) is 0 Å². The molecule has 0 aliphatic carbocycles. The fraction of sp³-hybridized carbons (Fsp3) is 0.533. The Morgan fingerprint density at radius 3 is 2.67 bits per heavy atom. The van der Waals surface area contributed by atoms with E-state index < -0.39 is 0 Å².